The highest BCUT2D eigenvalue weighted by atomic mass is 16.6. The van der Waals surface area contributed by atoms with Crippen LogP contribution in [0.25, 0.3) is 0 Å². The molecule has 2 aliphatic heterocycles. The lowest BCUT2D eigenvalue weighted by Crippen LogP contribution is -2.09. The van der Waals surface area contributed by atoms with Gasteiger partial charge >= 0.3 is 0 Å². The molecule has 0 radical (unpaired) electrons. The second-order valence-corrected chi connectivity index (χ2v) is 13.5. The second-order valence-electron chi connectivity index (χ2n) is 13.5. The molecule has 2 heterocycles. The normalized spacial score (nSPS) is 16.9. The first-order valence-corrected chi connectivity index (χ1v) is 18.6. The Morgan fingerprint density at radius 3 is 1.31 bits per heavy atom. The highest BCUT2D eigenvalue weighted by Crippen LogP contribution is 2.38. The molecule has 2 atom stereocenters. The minimum atomic E-state index is 0.341. The van der Waals surface area contributed by atoms with Gasteiger partial charge < -0.3 is 14.2 Å². The molecular formula is C42H62O3. The number of hydrogen-bond acceptors (Lipinski definition) is 3. The van der Waals surface area contributed by atoms with Crippen LogP contribution in [0.1, 0.15) is 137 Å². The van der Waals surface area contributed by atoms with Crippen LogP contribution in [-0.4, -0.2) is 25.4 Å². The van der Waals surface area contributed by atoms with E-state index in [0.29, 0.717) is 12.2 Å². The van der Waals surface area contributed by atoms with Gasteiger partial charge in [-0.15, -0.1) is 13.2 Å². The molecule has 3 heteroatoms. The summed E-state index contributed by atoms with van der Waals surface area (Å²) in [5.41, 5.74) is 8.41. The van der Waals surface area contributed by atoms with Crippen molar-refractivity contribution in [1.82, 2.24) is 0 Å². The molecule has 0 N–H and O–H groups in total. The third-order valence-corrected chi connectivity index (χ3v) is 9.65. The molecule has 2 saturated heterocycles. The van der Waals surface area contributed by atoms with E-state index >= 15 is 0 Å². The predicted molar refractivity (Wildman–Crippen MR) is 191 cm³/mol. The van der Waals surface area contributed by atoms with Gasteiger partial charge in [-0.25, -0.2) is 0 Å². The number of ether oxygens (including phenoxy) is 3. The van der Waals surface area contributed by atoms with Crippen molar-refractivity contribution in [1.29, 1.82) is 0 Å². The van der Waals surface area contributed by atoms with Gasteiger partial charge in [0.1, 0.15) is 11.5 Å². The zero-order valence-corrected chi connectivity index (χ0v) is 28.8. The van der Waals surface area contributed by atoms with E-state index in [1.54, 1.807) is 0 Å². The Kier molecular flexibility index (Phi) is 15.8. The maximum atomic E-state index is 7.08. The number of hydrogen-bond donors (Lipinski definition) is 0. The minimum Gasteiger partial charge on any atom is -0.457 e. The summed E-state index contributed by atoms with van der Waals surface area (Å²) < 4.78 is 18.6. The van der Waals surface area contributed by atoms with Crippen LogP contribution < -0.4 is 4.74 Å². The quantitative estimate of drug-likeness (QED) is 0.0600. The Morgan fingerprint density at radius 2 is 0.956 bits per heavy atom. The van der Waals surface area contributed by atoms with Gasteiger partial charge in [0.05, 0.1) is 25.4 Å². The van der Waals surface area contributed by atoms with E-state index in [0.717, 1.165) is 63.2 Å². The number of unbranched alkanes of at least 4 members (excludes halogenated alkanes) is 12. The molecule has 2 fully saturated rings. The molecule has 0 spiro atoms. The van der Waals surface area contributed by atoms with E-state index in [-0.39, 0.29) is 0 Å². The molecular weight excluding hydrogens is 552 g/mol. The van der Waals surface area contributed by atoms with E-state index in [4.69, 9.17) is 14.2 Å². The molecule has 2 unspecified atom stereocenters. The van der Waals surface area contributed by atoms with Crippen LogP contribution in [0.2, 0.25) is 0 Å². The van der Waals surface area contributed by atoms with Crippen molar-refractivity contribution in [3.63, 3.8) is 0 Å². The fraction of sp³-hybridized carbons (Fsp3) is 0.619. The second kappa shape index (κ2) is 20.0. The summed E-state index contributed by atoms with van der Waals surface area (Å²) in [5, 5.41) is 0. The Morgan fingerprint density at radius 1 is 0.578 bits per heavy atom. The molecule has 2 aromatic rings. The fourth-order valence-electron chi connectivity index (χ4n) is 6.84. The average molecular weight is 615 g/mol. The maximum Gasteiger partial charge on any atom is 0.130 e. The van der Waals surface area contributed by atoms with Gasteiger partial charge in [0.25, 0.3) is 0 Å². The average Bonchev–Trinajstić information content (AvgIpc) is 3.98. The largest absolute Gasteiger partial charge is 0.457 e. The Hall–Kier alpha value is -2.36. The van der Waals surface area contributed by atoms with Crippen molar-refractivity contribution < 1.29 is 14.2 Å². The molecule has 0 bridgehead atoms. The Bertz CT molecular complexity index is 1080. The van der Waals surface area contributed by atoms with Crippen LogP contribution in [0.5, 0.6) is 11.5 Å². The number of rotatable bonds is 26. The van der Waals surface area contributed by atoms with E-state index < -0.39 is 0 Å². The van der Waals surface area contributed by atoms with Gasteiger partial charge in [-0.3, -0.25) is 0 Å². The Balaban J connectivity index is 1.61. The fourth-order valence-corrected chi connectivity index (χ4v) is 6.84. The van der Waals surface area contributed by atoms with Gasteiger partial charge in [0.15, 0.2) is 0 Å². The molecule has 248 valence electrons. The van der Waals surface area contributed by atoms with Crippen molar-refractivity contribution >= 4 is 0 Å². The summed E-state index contributed by atoms with van der Waals surface area (Å²) in [6, 6.07) is 9.05. The Labute approximate surface area is 275 Å². The number of allylic oxidation sites excluding steroid dienone is 2. The molecule has 0 aliphatic carbocycles. The van der Waals surface area contributed by atoms with Crippen molar-refractivity contribution in [2.75, 3.05) is 13.2 Å². The summed E-state index contributed by atoms with van der Waals surface area (Å²) in [6.45, 7) is 14.5. The first-order valence-electron chi connectivity index (χ1n) is 18.6. The standard InChI is InChI=1S/C42H62O3/c1-5-9-11-13-15-17-19-23-37-39(29-35-31-43-35)33(21-7-3)25-27-41(37)45-42-28-26-34(22-8-4)40(30-36-32-44-36)38(42)24-20-18-16-14-12-10-6-2/h7-8,25-28,35-36H,3-6,9-24,29-32H2,1-2H3. The lowest BCUT2D eigenvalue weighted by molar-refractivity contribution is 0.405. The highest BCUT2D eigenvalue weighted by molar-refractivity contribution is 5.52. The monoisotopic (exact) mass is 614 g/mol. The lowest BCUT2D eigenvalue weighted by atomic mass is 9.90. The first-order chi connectivity index (χ1) is 22.2. The van der Waals surface area contributed by atoms with Crippen LogP contribution in [-0.2, 0) is 48.0 Å². The van der Waals surface area contributed by atoms with Crippen molar-refractivity contribution in [3.05, 3.63) is 83.0 Å². The molecule has 45 heavy (non-hydrogen) atoms. The van der Waals surface area contributed by atoms with Crippen molar-refractivity contribution in [3.8, 4) is 11.5 Å². The predicted octanol–water partition coefficient (Wildman–Crippen LogP) is 11.4. The van der Waals surface area contributed by atoms with E-state index in [2.05, 4.69) is 51.3 Å². The first kappa shape index (κ1) is 35.5. The van der Waals surface area contributed by atoms with Crippen LogP contribution in [0, 0.1) is 0 Å². The molecule has 0 aromatic heterocycles. The highest BCUT2D eigenvalue weighted by Gasteiger charge is 2.28. The zero-order valence-electron chi connectivity index (χ0n) is 28.8. The third-order valence-electron chi connectivity index (χ3n) is 9.65. The smallest absolute Gasteiger partial charge is 0.130 e. The van der Waals surface area contributed by atoms with Gasteiger partial charge in [-0.2, -0.15) is 0 Å². The van der Waals surface area contributed by atoms with Crippen LogP contribution in [0.4, 0.5) is 0 Å². The van der Waals surface area contributed by atoms with Crippen LogP contribution in [0.15, 0.2) is 49.6 Å². The topological polar surface area (TPSA) is 34.3 Å². The maximum absolute atomic E-state index is 7.08. The summed E-state index contributed by atoms with van der Waals surface area (Å²) >= 11 is 0. The number of benzene rings is 2. The van der Waals surface area contributed by atoms with Gasteiger partial charge in [-0.1, -0.05) is 115 Å². The van der Waals surface area contributed by atoms with Crippen molar-refractivity contribution in [2.45, 2.75) is 154 Å². The van der Waals surface area contributed by atoms with E-state index in [1.807, 2.05) is 12.2 Å². The lowest BCUT2D eigenvalue weighted by Gasteiger charge is -2.22. The molecule has 0 saturated carbocycles. The summed E-state index contributed by atoms with van der Waals surface area (Å²) in [5.74, 6) is 2.07. The van der Waals surface area contributed by atoms with E-state index in [1.165, 1.54) is 123 Å². The summed E-state index contributed by atoms with van der Waals surface area (Å²) in [4.78, 5) is 0. The molecule has 2 aromatic carbocycles. The van der Waals surface area contributed by atoms with Gasteiger partial charge in [-0.05, 0) is 84.0 Å². The van der Waals surface area contributed by atoms with Crippen LogP contribution >= 0.6 is 0 Å². The number of epoxide rings is 2. The van der Waals surface area contributed by atoms with E-state index in [9.17, 15) is 0 Å². The summed E-state index contributed by atoms with van der Waals surface area (Å²) in [6.07, 6.45) is 28.9. The SMILES string of the molecule is C=CCc1ccc(Oc2ccc(CC=C)c(CC3CO3)c2CCCCCCCCC)c(CCCCCCCCC)c1CC1CO1. The molecule has 0 amide bonds. The molecule has 2 aliphatic rings. The minimum absolute atomic E-state index is 0.341. The zero-order chi connectivity index (χ0) is 31.7. The molecule has 4 rings (SSSR count). The van der Waals surface area contributed by atoms with Gasteiger partial charge in [0, 0.05) is 12.8 Å². The van der Waals surface area contributed by atoms with Crippen LogP contribution in [0.3, 0.4) is 0 Å². The third kappa shape index (κ3) is 12.1. The molecule has 3 nitrogen and oxygen atoms in total. The summed E-state index contributed by atoms with van der Waals surface area (Å²) in [7, 11) is 0. The van der Waals surface area contributed by atoms with Gasteiger partial charge in [0.2, 0.25) is 0 Å². The van der Waals surface area contributed by atoms with Crippen molar-refractivity contribution in [2.24, 2.45) is 0 Å².